The van der Waals surface area contributed by atoms with Gasteiger partial charge in [-0.15, -0.1) is 13.2 Å². The standard InChI is InChI=1S/C21H15F4N3O4/c22-17-8-13(4-5-18(17)32-21(23,24)25)20(30)28-15-3-1-2-12(6-15)11-31-16-7-14(19(26)29)9-27-10-16/h1-10H,11H2,(H2,26,29)(H,28,30). The maximum atomic E-state index is 13.8. The highest BCUT2D eigenvalue weighted by Crippen LogP contribution is 2.26. The van der Waals surface area contributed by atoms with Crippen LogP contribution < -0.4 is 20.5 Å². The fourth-order valence-electron chi connectivity index (χ4n) is 2.59. The number of aromatic nitrogens is 1. The van der Waals surface area contributed by atoms with Gasteiger partial charge in [0.1, 0.15) is 12.4 Å². The lowest BCUT2D eigenvalue weighted by atomic mass is 10.1. The van der Waals surface area contributed by atoms with Gasteiger partial charge in [-0.1, -0.05) is 12.1 Å². The summed E-state index contributed by atoms with van der Waals surface area (Å²) in [6.45, 7) is 0.0751. The summed E-state index contributed by atoms with van der Waals surface area (Å²) < 4.78 is 59.6. The monoisotopic (exact) mass is 449 g/mol. The summed E-state index contributed by atoms with van der Waals surface area (Å²) in [4.78, 5) is 27.4. The molecule has 11 heteroatoms. The predicted octanol–water partition coefficient (Wildman–Crippen LogP) is 4.05. The Kier molecular flexibility index (Phi) is 6.57. The van der Waals surface area contributed by atoms with Crippen LogP contribution >= 0.6 is 0 Å². The molecule has 3 N–H and O–H groups in total. The predicted molar refractivity (Wildman–Crippen MR) is 105 cm³/mol. The zero-order valence-electron chi connectivity index (χ0n) is 16.2. The molecule has 0 bridgehead atoms. The van der Waals surface area contributed by atoms with Crippen LogP contribution in [0, 0.1) is 5.82 Å². The van der Waals surface area contributed by atoms with Crippen molar-refractivity contribution in [2.45, 2.75) is 13.0 Å². The first-order chi connectivity index (χ1) is 15.1. The van der Waals surface area contributed by atoms with Crippen LogP contribution in [0.5, 0.6) is 11.5 Å². The molecule has 166 valence electrons. The zero-order chi connectivity index (χ0) is 23.3. The molecular formula is C21H15F4N3O4. The highest BCUT2D eigenvalue weighted by molar-refractivity contribution is 6.04. The first kappa shape index (κ1) is 22.5. The molecule has 0 aliphatic heterocycles. The van der Waals surface area contributed by atoms with Crippen molar-refractivity contribution in [2.75, 3.05) is 5.32 Å². The number of alkyl halides is 3. The van der Waals surface area contributed by atoms with Gasteiger partial charge in [0.15, 0.2) is 11.6 Å². The number of hydrogen-bond donors (Lipinski definition) is 2. The van der Waals surface area contributed by atoms with Crippen molar-refractivity contribution in [1.82, 2.24) is 4.98 Å². The molecule has 0 atom stereocenters. The van der Waals surface area contributed by atoms with Crippen LogP contribution in [0.1, 0.15) is 26.3 Å². The summed E-state index contributed by atoms with van der Waals surface area (Å²) in [6.07, 6.45) is -2.35. The van der Waals surface area contributed by atoms with Crippen LogP contribution in [-0.4, -0.2) is 23.2 Å². The summed E-state index contributed by atoms with van der Waals surface area (Å²) in [7, 11) is 0. The summed E-state index contributed by atoms with van der Waals surface area (Å²) in [5.41, 5.74) is 6.16. The summed E-state index contributed by atoms with van der Waals surface area (Å²) in [6, 6.07) is 10.3. The van der Waals surface area contributed by atoms with E-state index in [2.05, 4.69) is 15.0 Å². The van der Waals surface area contributed by atoms with Gasteiger partial charge in [0.25, 0.3) is 5.91 Å². The lowest BCUT2D eigenvalue weighted by Gasteiger charge is -2.11. The van der Waals surface area contributed by atoms with Crippen molar-refractivity contribution in [3.05, 3.63) is 83.4 Å². The molecule has 0 spiro atoms. The smallest absolute Gasteiger partial charge is 0.487 e. The molecule has 0 saturated carbocycles. The molecular weight excluding hydrogens is 434 g/mol. The molecule has 0 aliphatic carbocycles. The fraction of sp³-hybridized carbons (Fsp3) is 0.0952. The minimum absolute atomic E-state index is 0.0751. The van der Waals surface area contributed by atoms with Crippen LogP contribution in [0.25, 0.3) is 0 Å². The van der Waals surface area contributed by atoms with Gasteiger partial charge in [0.2, 0.25) is 5.91 Å². The number of ether oxygens (including phenoxy) is 2. The van der Waals surface area contributed by atoms with E-state index in [9.17, 15) is 27.2 Å². The van der Waals surface area contributed by atoms with Crippen molar-refractivity contribution in [2.24, 2.45) is 5.73 Å². The number of carbonyl (C=O) groups excluding carboxylic acids is 2. The average Bonchev–Trinajstić information content (AvgIpc) is 2.73. The van der Waals surface area contributed by atoms with Gasteiger partial charge in [-0.3, -0.25) is 14.6 Å². The Morgan fingerprint density at radius 2 is 1.81 bits per heavy atom. The summed E-state index contributed by atoms with van der Waals surface area (Å²) >= 11 is 0. The van der Waals surface area contributed by atoms with E-state index in [0.717, 1.165) is 12.1 Å². The van der Waals surface area contributed by atoms with E-state index in [1.165, 1.54) is 18.5 Å². The number of hydrogen-bond acceptors (Lipinski definition) is 5. The van der Waals surface area contributed by atoms with Crippen molar-refractivity contribution < 1.29 is 36.6 Å². The molecule has 1 aromatic heterocycles. The Bertz CT molecular complexity index is 1150. The van der Waals surface area contributed by atoms with Gasteiger partial charge in [-0.2, -0.15) is 0 Å². The second kappa shape index (κ2) is 9.33. The van der Waals surface area contributed by atoms with E-state index >= 15 is 0 Å². The molecule has 3 rings (SSSR count). The van der Waals surface area contributed by atoms with Crippen LogP contribution in [-0.2, 0) is 6.61 Å². The lowest BCUT2D eigenvalue weighted by molar-refractivity contribution is -0.275. The largest absolute Gasteiger partial charge is 0.573 e. The molecule has 2 amide bonds. The molecule has 32 heavy (non-hydrogen) atoms. The topological polar surface area (TPSA) is 104 Å². The number of nitrogens with zero attached hydrogens (tertiary/aromatic N) is 1. The Balaban J connectivity index is 1.65. The van der Waals surface area contributed by atoms with Crippen molar-refractivity contribution in [3.8, 4) is 11.5 Å². The van der Waals surface area contributed by atoms with Crippen LogP contribution in [0.4, 0.5) is 23.2 Å². The summed E-state index contributed by atoms with van der Waals surface area (Å²) in [5.74, 6) is -3.44. The number of primary amides is 1. The number of carbonyl (C=O) groups is 2. The molecule has 0 unspecified atom stereocenters. The number of anilines is 1. The summed E-state index contributed by atoms with van der Waals surface area (Å²) in [5, 5.41) is 2.52. The van der Waals surface area contributed by atoms with E-state index in [1.807, 2.05) is 0 Å². The molecule has 0 aliphatic rings. The quantitative estimate of drug-likeness (QED) is 0.530. The van der Waals surface area contributed by atoms with E-state index in [1.54, 1.807) is 24.3 Å². The average molecular weight is 449 g/mol. The molecule has 7 nitrogen and oxygen atoms in total. The van der Waals surface area contributed by atoms with E-state index in [-0.39, 0.29) is 17.7 Å². The highest BCUT2D eigenvalue weighted by atomic mass is 19.4. The van der Waals surface area contributed by atoms with Crippen LogP contribution in [0.3, 0.4) is 0 Å². The van der Waals surface area contributed by atoms with Gasteiger partial charge in [0, 0.05) is 17.4 Å². The van der Waals surface area contributed by atoms with Crippen LogP contribution in [0.2, 0.25) is 0 Å². The zero-order valence-corrected chi connectivity index (χ0v) is 16.2. The van der Waals surface area contributed by atoms with E-state index < -0.39 is 29.7 Å². The van der Waals surface area contributed by atoms with Gasteiger partial charge in [0.05, 0.1) is 11.8 Å². The maximum absolute atomic E-state index is 13.8. The number of rotatable bonds is 7. The number of benzene rings is 2. The van der Waals surface area contributed by atoms with E-state index in [0.29, 0.717) is 23.1 Å². The maximum Gasteiger partial charge on any atom is 0.573 e. The molecule has 2 aromatic carbocycles. The number of halogens is 4. The number of nitrogens with one attached hydrogen (secondary N) is 1. The molecule has 0 fully saturated rings. The third-order valence-corrected chi connectivity index (χ3v) is 4.01. The van der Waals surface area contributed by atoms with Crippen molar-refractivity contribution in [1.29, 1.82) is 0 Å². The molecule has 3 aromatic rings. The Hall–Kier alpha value is -4.15. The fourth-order valence-corrected chi connectivity index (χ4v) is 2.59. The molecule has 0 saturated heterocycles. The molecule has 0 radical (unpaired) electrons. The lowest BCUT2D eigenvalue weighted by Crippen LogP contribution is -2.18. The van der Waals surface area contributed by atoms with Gasteiger partial charge < -0.3 is 20.5 Å². The highest BCUT2D eigenvalue weighted by Gasteiger charge is 2.32. The number of pyridine rings is 1. The Labute approximate surface area is 178 Å². The third kappa shape index (κ3) is 6.17. The number of nitrogens with two attached hydrogens (primary N) is 1. The van der Waals surface area contributed by atoms with E-state index in [4.69, 9.17) is 10.5 Å². The first-order valence-corrected chi connectivity index (χ1v) is 8.94. The molecule has 1 heterocycles. The van der Waals surface area contributed by atoms with Crippen molar-refractivity contribution >= 4 is 17.5 Å². The minimum Gasteiger partial charge on any atom is -0.487 e. The van der Waals surface area contributed by atoms with Gasteiger partial charge in [-0.05, 0) is 42.0 Å². The Morgan fingerprint density at radius 1 is 1.03 bits per heavy atom. The minimum atomic E-state index is -5.05. The first-order valence-electron chi connectivity index (χ1n) is 8.94. The second-order valence-corrected chi connectivity index (χ2v) is 6.41. The van der Waals surface area contributed by atoms with Gasteiger partial charge >= 0.3 is 6.36 Å². The van der Waals surface area contributed by atoms with Gasteiger partial charge in [-0.25, -0.2) is 4.39 Å². The van der Waals surface area contributed by atoms with Crippen molar-refractivity contribution in [3.63, 3.8) is 0 Å². The number of amides is 2. The third-order valence-electron chi connectivity index (χ3n) is 4.01. The van der Waals surface area contributed by atoms with Crippen LogP contribution in [0.15, 0.2) is 60.9 Å². The second-order valence-electron chi connectivity index (χ2n) is 6.41. The Morgan fingerprint density at radius 3 is 2.50 bits per heavy atom. The SMILES string of the molecule is NC(=O)c1cncc(OCc2cccc(NC(=O)c3ccc(OC(F)(F)F)c(F)c3)c2)c1. The normalized spacial score (nSPS) is 11.0.